The predicted octanol–water partition coefficient (Wildman–Crippen LogP) is 2.20. The van der Waals surface area contributed by atoms with Crippen LogP contribution in [-0.4, -0.2) is 31.5 Å². The first-order valence-corrected chi connectivity index (χ1v) is 7.12. The molecule has 2 aliphatic heterocycles. The molecule has 1 aromatic carbocycles. The summed E-state index contributed by atoms with van der Waals surface area (Å²) >= 11 is 0. The van der Waals surface area contributed by atoms with E-state index in [9.17, 15) is 10.4 Å². The zero-order chi connectivity index (χ0) is 15.0. The van der Waals surface area contributed by atoms with Crippen LogP contribution >= 0.6 is 0 Å². The zero-order valence-electron chi connectivity index (χ0n) is 12.2. The van der Waals surface area contributed by atoms with Crippen molar-refractivity contribution in [2.45, 2.75) is 37.6 Å². The molecule has 0 saturated carbocycles. The SMILES string of the molecule is COc1cccc(C(O)C2(C#N)CC3CCC2O3)c1OC. The van der Waals surface area contributed by atoms with Crippen LogP contribution in [0.3, 0.4) is 0 Å². The topological polar surface area (TPSA) is 71.7 Å². The van der Waals surface area contributed by atoms with Crippen LogP contribution in [0.5, 0.6) is 11.5 Å². The number of benzene rings is 1. The number of ether oxygens (including phenoxy) is 3. The number of fused-ring (bicyclic) bond motifs is 2. The number of methoxy groups -OCH3 is 2. The number of hydrogen-bond donors (Lipinski definition) is 1. The van der Waals surface area contributed by atoms with Crippen LogP contribution in [0.2, 0.25) is 0 Å². The van der Waals surface area contributed by atoms with Crippen LogP contribution in [0.4, 0.5) is 0 Å². The first-order chi connectivity index (χ1) is 10.2. The van der Waals surface area contributed by atoms with Gasteiger partial charge in [-0.25, -0.2) is 0 Å². The lowest BCUT2D eigenvalue weighted by molar-refractivity contribution is 0.00220. The molecule has 0 spiro atoms. The highest BCUT2D eigenvalue weighted by Crippen LogP contribution is 2.55. The highest BCUT2D eigenvalue weighted by molar-refractivity contribution is 5.49. The maximum atomic E-state index is 10.9. The summed E-state index contributed by atoms with van der Waals surface area (Å²) in [5, 5.41) is 20.6. The Labute approximate surface area is 124 Å². The fraction of sp³-hybridized carbons (Fsp3) is 0.562. The molecule has 3 rings (SSSR count). The molecule has 1 N–H and O–H groups in total. The minimum Gasteiger partial charge on any atom is -0.493 e. The Morgan fingerprint density at radius 2 is 2.19 bits per heavy atom. The Balaban J connectivity index is 2.02. The van der Waals surface area contributed by atoms with Gasteiger partial charge in [-0.2, -0.15) is 5.26 Å². The van der Waals surface area contributed by atoms with Crippen molar-refractivity contribution in [3.63, 3.8) is 0 Å². The second kappa shape index (κ2) is 5.21. The van der Waals surface area contributed by atoms with Crippen molar-refractivity contribution in [1.29, 1.82) is 5.26 Å². The van der Waals surface area contributed by atoms with E-state index in [4.69, 9.17) is 14.2 Å². The van der Waals surface area contributed by atoms with E-state index in [2.05, 4.69) is 6.07 Å². The predicted molar refractivity (Wildman–Crippen MR) is 75.1 cm³/mol. The first kappa shape index (κ1) is 14.2. The molecule has 0 amide bonds. The summed E-state index contributed by atoms with van der Waals surface area (Å²) in [7, 11) is 3.08. The molecule has 0 aromatic heterocycles. The van der Waals surface area contributed by atoms with E-state index in [-0.39, 0.29) is 12.2 Å². The molecule has 2 saturated heterocycles. The van der Waals surface area contributed by atoms with Crippen molar-refractivity contribution in [3.05, 3.63) is 23.8 Å². The Morgan fingerprint density at radius 1 is 1.38 bits per heavy atom. The van der Waals surface area contributed by atoms with Crippen molar-refractivity contribution in [3.8, 4) is 17.6 Å². The molecule has 2 aliphatic rings. The van der Waals surface area contributed by atoms with E-state index >= 15 is 0 Å². The molecule has 1 aromatic rings. The lowest BCUT2D eigenvalue weighted by atomic mass is 9.69. The molecular weight excluding hydrogens is 270 g/mol. The normalized spacial score (nSPS) is 31.7. The summed E-state index contributed by atoms with van der Waals surface area (Å²) in [6, 6.07) is 7.66. The zero-order valence-corrected chi connectivity index (χ0v) is 12.2. The largest absolute Gasteiger partial charge is 0.493 e. The van der Waals surface area contributed by atoms with Crippen molar-refractivity contribution in [2.24, 2.45) is 5.41 Å². The second-order valence-electron chi connectivity index (χ2n) is 5.67. The average molecular weight is 289 g/mol. The highest BCUT2D eigenvalue weighted by Gasteiger charge is 2.57. The van der Waals surface area contributed by atoms with Gasteiger partial charge in [0.2, 0.25) is 0 Å². The van der Waals surface area contributed by atoms with Crippen molar-refractivity contribution in [2.75, 3.05) is 14.2 Å². The summed E-state index contributed by atoms with van der Waals surface area (Å²) in [5.74, 6) is 1.02. The number of hydrogen-bond acceptors (Lipinski definition) is 5. The molecule has 4 unspecified atom stereocenters. The first-order valence-electron chi connectivity index (χ1n) is 7.12. The Hall–Kier alpha value is -1.77. The number of nitriles is 1. The summed E-state index contributed by atoms with van der Waals surface area (Å²) in [5.41, 5.74) is -0.322. The van der Waals surface area contributed by atoms with Crippen LogP contribution in [0.25, 0.3) is 0 Å². The summed E-state index contributed by atoms with van der Waals surface area (Å²) in [6.45, 7) is 0. The molecule has 0 radical (unpaired) electrons. The van der Waals surface area contributed by atoms with Crippen LogP contribution in [0, 0.1) is 16.7 Å². The monoisotopic (exact) mass is 289 g/mol. The highest BCUT2D eigenvalue weighted by atomic mass is 16.5. The number of aliphatic hydroxyl groups is 1. The van der Waals surface area contributed by atoms with Gasteiger partial charge in [0.05, 0.1) is 32.5 Å². The van der Waals surface area contributed by atoms with Crippen molar-refractivity contribution in [1.82, 2.24) is 0 Å². The third-order valence-electron chi connectivity index (χ3n) is 4.67. The van der Waals surface area contributed by atoms with Crippen LogP contribution in [-0.2, 0) is 4.74 Å². The van der Waals surface area contributed by atoms with E-state index < -0.39 is 11.5 Å². The van der Waals surface area contributed by atoms with Gasteiger partial charge in [-0.05, 0) is 25.3 Å². The molecule has 112 valence electrons. The van der Waals surface area contributed by atoms with Gasteiger partial charge in [0, 0.05) is 5.56 Å². The van der Waals surface area contributed by atoms with E-state index in [0.29, 0.717) is 23.5 Å². The molecule has 21 heavy (non-hydrogen) atoms. The summed E-state index contributed by atoms with van der Waals surface area (Å²) in [6.07, 6.45) is 1.27. The van der Waals surface area contributed by atoms with Gasteiger partial charge in [-0.1, -0.05) is 12.1 Å². The number of aliphatic hydroxyl groups excluding tert-OH is 1. The second-order valence-corrected chi connectivity index (χ2v) is 5.67. The molecule has 2 bridgehead atoms. The van der Waals surface area contributed by atoms with Crippen LogP contribution in [0.1, 0.15) is 30.9 Å². The molecule has 0 aliphatic carbocycles. The lowest BCUT2D eigenvalue weighted by Crippen LogP contribution is -2.37. The Bertz CT molecular complexity index is 582. The van der Waals surface area contributed by atoms with Crippen LogP contribution in [0.15, 0.2) is 18.2 Å². The van der Waals surface area contributed by atoms with E-state index in [0.717, 1.165) is 12.8 Å². The molecular formula is C16H19NO4. The number of para-hydroxylation sites is 1. The van der Waals surface area contributed by atoms with Crippen molar-refractivity contribution >= 4 is 0 Å². The Kier molecular flexibility index (Phi) is 3.52. The maximum Gasteiger partial charge on any atom is 0.166 e. The van der Waals surface area contributed by atoms with E-state index in [1.807, 2.05) is 0 Å². The van der Waals surface area contributed by atoms with Gasteiger partial charge in [0.15, 0.2) is 11.5 Å². The smallest absolute Gasteiger partial charge is 0.166 e. The minimum atomic E-state index is -0.956. The maximum absolute atomic E-state index is 10.9. The van der Waals surface area contributed by atoms with Gasteiger partial charge in [-0.3, -0.25) is 0 Å². The fourth-order valence-electron chi connectivity index (χ4n) is 3.61. The lowest BCUT2D eigenvalue weighted by Gasteiger charge is -2.34. The standard InChI is InChI=1S/C16H19NO4/c1-19-12-5-3-4-11(14(12)20-2)15(18)16(9-17)8-10-6-7-13(16)21-10/h3-5,10,13,15,18H,6-8H2,1-2H3. The van der Waals surface area contributed by atoms with Gasteiger partial charge >= 0.3 is 0 Å². The van der Waals surface area contributed by atoms with Gasteiger partial charge in [0.25, 0.3) is 0 Å². The molecule has 5 heteroatoms. The number of nitrogens with zero attached hydrogens (tertiary/aromatic N) is 1. The fourth-order valence-corrected chi connectivity index (χ4v) is 3.61. The average Bonchev–Trinajstić information content (AvgIpc) is 3.14. The van der Waals surface area contributed by atoms with Gasteiger partial charge < -0.3 is 19.3 Å². The Morgan fingerprint density at radius 3 is 2.71 bits per heavy atom. The van der Waals surface area contributed by atoms with Gasteiger partial charge in [-0.15, -0.1) is 0 Å². The molecule has 2 heterocycles. The summed E-state index contributed by atoms with van der Waals surface area (Å²) in [4.78, 5) is 0. The third kappa shape index (κ3) is 1.98. The molecule has 4 atom stereocenters. The van der Waals surface area contributed by atoms with E-state index in [1.165, 1.54) is 7.11 Å². The molecule has 5 nitrogen and oxygen atoms in total. The number of rotatable bonds is 4. The third-order valence-corrected chi connectivity index (χ3v) is 4.67. The molecule has 2 fully saturated rings. The van der Waals surface area contributed by atoms with Crippen molar-refractivity contribution < 1.29 is 19.3 Å². The minimum absolute atomic E-state index is 0.0842. The van der Waals surface area contributed by atoms with Gasteiger partial charge in [0.1, 0.15) is 11.5 Å². The quantitative estimate of drug-likeness (QED) is 0.920. The van der Waals surface area contributed by atoms with E-state index in [1.54, 1.807) is 25.3 Å². The summed E-state index contributed by atoms with van der Waals surface area (Å²) < 4.78 is 16.4. The van der Waals surface area contributed by atoms with Crippen LogP contribution < -0.4 is 9.47 Å².